The lowest BCUT2D eigenvalue weighted by Crippen LogP contribution is -2.55. The molecular formula is C15H16FNO4S. The first-order chi connectivity index (χ1) is 10.3. The number of hydrogen-bond donors (Lipinski definition) is 2. The van der Waals surface area contributed by atoms with Crippen LogP contribution in [0.25, 0.3) is 10.1 Å². The highest BCUT2D eigenvalue weighted by atomic mass is 32.1. The summed E-state index contributed by atoms with van der Waals surface area (Å²) in [6.45, 7) is 2.83. The van der Waals surface area contributed by atoms with Crippen molar-refractivity contribution in [3.05, 3.63) is 34.5 Å². The number of carboxylic acids is 1. The molecule has 0 spiro atoms. The second-order valence-corrected chi connectivity index (χ2v) is 6.25. The van der Waals surface area contributed by atoms with Crippen molar-refractivity contribution < 1.29 is 23.8 Å². The second-order valence-electron chi connectivity index (χ2n) is 5.19. The van der Waals surface area contributed by atoms with E-state index in [-0.39, 0.29) is 6.61 Å². The number of nitrogens with one attached hydrogen (secondary N) is 1. The van der Waals surface area contributed by atoms with Crippen LogP contribution in [0.1, 0.15) is 22.2 Å². The van der Waals surface area contributed by atoms with Crippen LogP contribution in [-0.2, 0) is 9.53 Å². The zero-order valence-electron chi connectivity index (χ0n) is 12.4. The summed E-state index contributed by atoms with van der Waals surface area (Å²) >= 11 is 1.13. The lowest BCUT2D eigenvalue weighted by Gasteiger charge is -2.25. The van der Waals surface area contributed by atoms with Gasteiger partial charge in [0.2, 0.25) is 0 Å². The van der Waals surface area contributed by atoms with Crippen molar-refractivity contribution in [2.45, 2.75) is 19.4 Å². The first-order valence-corrected chi connectivity index (χ1v) is 7.34. The summed E-state index contributed by atoms with van der Waals surface area (Å²) in [5.41, 5.74) is -1.05. The van der Waals surface area contributed by atoms with Gasteiger partial charge in [-0.05, 0) is 31.5 Å². The molecule has 5 nitrogen and oxygen atoms in total. The fraction of sp³-hybridized carbons (Fsp3) is 0.333. The molecule has 2 N–H and O–H groups in total. The fourth-order valence-electron chi connectivity index (χ4n) is 2.22. The van der Waals surface area contributed by atoms with Gasteiger partial charge in [-0.3, -0.25) is 4.79 Å². The number of methoxy groups -OCH3 is 1. The van der Waals surface area contributed by atoms with Crippen LogP contribution in [-0.4, -0.2) is 36.2 Å². The summed E-state index contributed by atoms with van der Waals surface area (Å²) in [7, 11) is 1.35. The molecule has 0 fully saturated rings. The normalized spacial score (nSPS) is 13.8. The van der Waals surface area contributed by atoms with Crippen molar-refractivity contribution in [2.75, 3.05) is 13.7 Å². The molecule has 0 aliphatic rings. The van der Waals surface area contributed by atoms with Crippen molar-refractivity contribution >= 4 is 33.3 Å². The van der Waals surface area contributed by atoms with Crippen LogP contribution in [0, 0.1) is 12.7 Å². The van der Waals surface area contributed by atoms with Crippen LogP contribution in [0.15, 0.2) is 18.2 Å². The number of carbonyl (C=O) groups excluding carboxylic acids is 1. The van der Waals surface area contributed by atoms with Gasteiger partial charge in [0.05, 0.1) is 11.5 Å². The summed E-state index contributed by atoms with van der Waals surface area (Å²) in [5, 5.41) is 12.1. The smallest absolute Gasteiger partial charge is 0.331 e. The van der Waals surface area contributed by atoms with Crippen LogP contribution >= 0.6 is 11.3 Å². The van der Waals surface area contributed by atoms with E-state index >= 15 is 0 Å². The molecule has 1 aromatic carbocycles. The number of thiophene rings is 1. The largest absolute Gasteiger partial charge is 0.479 e. The molecule has 1 unspecified atom stereocenters. The highest BCUT2D eigenvalue weighted by molar-refractivity contribution is 7.21. The standard InChI is InChI=1S/C15H16FNO4S/c1-8-11-9(16)5-4-6-10(11)22-12(8)13(18)17-15(2,7-21-3)14(19)20/h4-6H,7H2,1-3H3,(H,17,18)(H,19,20). The van der Waals surface area contributed by atoms with Gasteiger partial charge in [-0.25, -0.2) is 9.18 Å². The second kappa shape index (κ2) is 6.02. The Morgan fingerprint density at radius 3 is 2.68 bits per heavy atom. The van der Waals surface area contributed by atoms with Crippen molar-refractivity contribution in [2.24, 2.45) is 0 Å². The molecule has 2 aromatic rings. The molecule has 7 heteroatoms. The number of aliphatic carboxylic acids is 1. The fourth-order valence-corrected chi connectivity index (χ4v) is 3.34. The predicted molar refractivity (Wildman–Crippen MR) is 81.9 cm³/mol. The molecule has 1 aromatic heterocycles. The third-order valence-corrected chi connectivity index (χ3v) is 4.66. The molecule has 1 heterocycles. The van der Waals surface area contributed by atoms with Gasteiger partial charge in [-0.1, -0.05) is 6.07 Å². The van der Waals surface area contributed by atoms with E-state index in [2.05, 4.69) is 5.32 Å². The minimum absolute atomic E-state index is 0.174. The Labute approximate surface area is 130 Å². The zero-order chi connectivity index (χ0) is 16.5. The molecule has 0 aliphatic carbocycles. The van der Waals surface area contributed by atoms with Crippen molar-refractivity contribution in [1.29, 1.82) is 0 Å². The molecule has 0 saturated carbocycles. The van der Waals surface area contributed by atoms with Gasteiger partial charge < -0.3 is 15.2 Å². The van der Waals surface area contributed by atoms with Crippen LogP contribution in [0.4, 0.5) is 4.39 Å². The maximum Gasteiger partial charge on any atom is 0.331 e. The van der Waals surface area contributed by atoms with Gasteiger partial charge >= 0.3 is 5.97 Å². The molecule has 0 saturated heterocycles. The van der Waals surface area contributed by atoms with E-state index in [9.17, 15) is 19.1 Å². The van der Waals surface area contributed by atoms with Crippen LogP contribution < -0.4 is 5.32 Å². The number of aryl methyl sites for hydroxylation is 1. The Bertz CT molecular complexity index is 742. The van der Waals surface area contributed by atoms with Gasteiger partial charge in [0, 0.05) is 17.2 Å². The number of amides is 1. The maximum atomic E-state index is 13.9. The Morgan fingerprint density at radius 1 is 1.45 bits per heavy atom. The number of benzene rings is 1. The molecule has 0 bridgehead atoms. The third-order valence-electron chi connectivity index (χ3n) is 3.40. The van der Waals surface area contributed by atoms with Crippen molar-refractivity contribution in [3.8, 4) is 0 Å². The monoisotopic (exact) mass is 325 g/mol. The molecule has 118 valence electrons. The summed E-state index contributed by atoms with van der Waals surface area (Å²) in [4.78, 5) is 24.0. The van der Waals surface area contributed by atoms with E-state index in [1.165, 1.54) is 20.1 Å². The number of carbonyl (C=O) groups is 2. The van der Waals surface area contributed by atoms with E-state index < -0.39 is 23.2 Å². The lowest BCUT2D eigenvalue weighted by molar-refractivity contribution is -0.145. The minimum Gasteiger partial charge on any atom is -0.479 e. The lowest BCUT2D eigenvalue weighted by atomic mass is 10.0. The average Bonchev–Trinajstić information content (AvgIpc) is 2.77. The van der Waals surface area contributed by atoms with Crippen LogP contribution in [0.3, 0.4) is 0 Å². The molecule has 0 radical (unpaired) electrons. The highest BCUT2D eigenvalue weighted by Gasteiger charge is 2.36. The van der Waals surface area contributed by atoms with E-state index in [0.717, 1.165) is 11.3 Å². The molecular weight excluding hydrogens is 309 g/mol. The number of hydrogen-bond acceptors (Lipinski definition) is 4. The Morgan fingerprint density at radius 2 is 2.14 bits per heavy atom. The molecule has 22 heavy (non-hydrogen) atoms. The van der Waals surface area contributed by atoms with Gasteiger partial charge in [0.15, 0.2) is 5.54 Å². The van der Waals surface area contributed by atoms with E-state index in [4.69, 9.17) is 4.74 Å². The topological polar surface area (TPSA) is 75.6 Å². The number of carboxylic acid groups (broad SMARTS) is 1. The quantitative estimate of drug-likeness (QED) is 0.886. The summed E-state index contributed by atoms with van der Waals surface area (Å²) in [6, 6.07) is 4.62. The summed E-state index contributed by atoms with van der Waals surface area (Å²) < 4.78 is 19.4. The summed E-state index contributed by atoms with van der Waals surface area (Å²) in [5.74, 6) is -2.16. The Hall–Kier alpha value is -1.99. The SMILES string of the molecule is COCC(C)(NC(=O)c1sc2cccc(F)c2c1C)C(=O)O. The van der Waals surface area contributed by atoms with Gasteiger partial charge in [0.25, 0.3) is 5.91 Å². The first kappa shape index (κ1) is 16.4. The van der Waals surface area contributed by atoms with E-state index in [0.29, 0.717) is 20.5 Å². The van der Waals surface area contributed by atoms with Crippen molar-refractivity contribution in [3.63, 3.8) is 0 Å². The molecule has 1 atom stereocenters. The van der Waals surface area contributed by atoms with Gasteiger partial charge in [-0.15, -0.1) is 11.3 Å². The number of halogens is 1. The highest BCUT2D eigenvalue weighted by Crippen LogP contribution is 2.32. The summed E-state index contributed by atoms with van der Waals surface area (Å²) in [6.07, 6.45) is 0. The number of rotatable bonds is 5. The van der Waals surface area contributed by atoms with Crippen LogP contribution in [0.2, 0.25) is 0 Å². The molecule has 1 amide bonds. The Balaban J connectivity index is 2.40. The van der Waals surface area contributed by atoms with Gasteiger partial charge in [0.1, 0.15) is 5.82 Å². The van der Waals surface area contributed by atoms with E-state index in [1.54, 1.807) is 19.1 Å². The third kappa shape index (κ3) is 2.82. The minimum atomic E-state index is -1.55. The molecule has 2 rings (SSSR count). The van der Waals surface area contributed by atoms with Crippen molar-refractivity contribution in [1.82, 2.24) is 5.32 Å². The zero-order valence-corrected chi connectivity index (χ0v) is 13.2. The maximum absolute atomic E-state index is 13.9. The van der Waals surface area contributed by atoms with E-state index in [1.807, 2.05) is 0 Å². The average molecular weight is 325 g/mol. The number of fused-ring (bicyclic) bond motifs is 1. The first-order valence-electron chi connectivity index (χ1n) is 6.52. The number of ether oxygens (including phenoxy) is 1. The predicted octanol–water partition coefficient (Wildman–Crippen LogP) is 2.57. The van der Waals surface area contributed by atoms with Gasteiger partial charge in [-0.2, -0.15) is 0 Å². The van der Waals surface area contributed by atoms with Crippen LogP contribution in [0.5, 0.6) is 0 Å². The molecule has 0 aliphatic heterocycles. The Kier molecular flexibility index (Phi) is 4.48.